The van der Waals surface area contributed by atoms with Gasteiger partial charge in [0.1, 0.15) is 5.54 Å². The molecule has 2 aliphatic rings. The average Bonchev–Trinajstić information content (AvgIpc) is 3.12. The van der Waals surface area contributed by atoms with Gasteiger partial charge in [0.15, 0.2) is 0 Å². The number of benzene rings is 1. The monoisotopic (exact) mass is 329 g/mol. The molecule has 3 rings (SSSR count). The van der Waals surface area contributed by atoms with Gasteiger partial charge >= 0.3 is 6.03 Å². The van der Waals surface area contributed by atoms with E-state index in [4.69, 9.17) is 0 Å². The van der Waals surface area contributed by atoms with Crippen molar-refractivity contribution < 1.29 is 14.4 Å². The SMILES string of the molecule is CC[C@H](C)[C@H](C(=O)N1CC[C@]2(C1)NC(=O)NC2=O)c1ccccc1. The molecule has 6 nitrogen and oxygen atoms in total. The molecular weight excluding hydrogens is 306 g/mol. The van der Waals surface area contributed by atoms with Crippen LogP contribution in [-0.4, -0.2) is 41.4 Å². The first kappa shape index (κ1) is 16.5. The van der Waals surface area contributed by atoms with Gasteiger partial charge in [-0.3, -0.25) is 14.9 Å². The molecule has 2 aliphatic heterocycles. The molecule has 24 heavy (non-hydrogen) atoms. The highest BCUT2D eigenvalue weighted by atomic mass is 16.2. The van der Waals surface area contributed by atoms with Crippen LogP contribution in [0, 0.1) is 5.92 Å². The van der Waals surface area contributed by atoms with E-state index in [1.807, 2.05) is 30.3 Å². The number of carbonyl (C=O) groups excluding carboxylic acids is 3. The van der Waals surface area contributed by atoms with E-state index in [9.17, 15) is 14.4 Å². The van der Waals surface area contributed by atoms with Crippen LogP contribution in [0.5, 0.6) is 0 Å². The first-order chi connectivity index (χ1) is 11.5. The number of amides is 4. The summed E-state index contributed by atoms with van der Waals surface area (Å²) in [4.78, 5) is 38.4. The van der Waals surface area contributed by atoms with Crippen molar-refractivity contribution in [1.82, 2.24) is 15.5 Å². The highest BCUT2D eigenvalue weighted by Crippen LogP contribution is 2.33. The fraction of sp³-hybridized carbons (Fsp3) is 0.500. The highest BCUT2D eigenvalue weighted by Gasteiger charge is 2.52. The van der Waals surface area contributed by atoms with E-state index >= 15 is 0 Å². The Bertz CT molecular complexity index is 661. The minimum Gasteiger partial charge on any atom is -0.339 e. The summed E-state index contributed by atoms with van der Waals surface area (Å²) < 4.78 is 0. The van der Waals surface area contributed by atoms with Crippen molar-refractivity contribution >= 4 is 17.8 Å². The molecule has 6 heteroatoms. The third kappa shape index (κ3) is 2.77. The van der Waals surface area contributed by atoms with Crippen molar-refractivity contribution in [3.8, 4) is 0 Å². The Morgan fingerprint density at radius 3 is 2.58 bits per heavy atom. The van der Waals surface area contributed by atoms with E-state index < -0.39 is 11.6 Å². The zero-order chi connectivity index (χ0) is 17.3. The lowest BCUT2D eigenvalue weighted by atomic mass is 9.84. The van der Waals surface area contributed by atoms with E-state index in [-0.39, 0.29) is 30.2 Å². The van der Waals surface area contributed by atoms with Crippen LogP contribution in [0.2, 0.25) is 0 Å². The van der Waals surface area contributed by atoms with Crippen molar-refractivity contribution in [2.24, 2.45) is 5.92 Å². The van der Waals surface area contributed by atoms with Gasteiger partial charge in [-0.25, -0.2) is 4.79 Å². The summed E-state index contributed by atoms with van der Waals surface area (Å²) in [6.07, 6.45) is 1.35. The molecule has 2 heterocycles. The number of rotatable bonds is 4. The quantitative estimate of drug-likeness (QED) is 0.824. The first-order valence-electron chi connectivity index (χ1n) is 8.44. The molecular formula is C18H23N3O3. The summed E-state index contributed by atoms with van der Waals surface area (Å²) in [5.74, 6) is -0.334. The third-order valence-corrected chi connectivity index (χ3v) is 5.23. The van der Waals surface area contributed by atoms with Crippen LogP contribution < -0.4 is 10.6 Å². The zero-order valence-electron chi connectivity index (χ0n) is 14.0. The second-order valence-electron chi connectivity index (χ2n) is 6.77. The second-order valence-corrected chi connectivity index (χ2v) is 6.77. The van der Waals surface area contributed by atoms with Crippen molar-refractivity contribution in [3.63, 3.8) is 0 Å². The molecule has 1 aromatic carbocycles. The maximum atomic E-state index is 13.2. The van der Waals surface area contributed by atoms with Crippen molar-refractivity contribution in [2.75, 3.05) is 13.1 Å². The summed E-state index contributed by atoms with van der Waals surface area (Å²) in [6.45, 7) is 4.87. The maximum absolute atomic E-state index is 13.2. The van der Waals surface area contributed by atoms with Gasteiger partial charge in [-0.15, -0.1) is 0 Å². The number of hydrogen-bond donors (Lipinski definition) is 2. The number of nitrogens with one attached hydrogen (secondary N) is 2. The summed E-state index contributed by atoms with van der Waals surface area (Å²) in [6, 6.07) is 9.29. The molecule has 2 fully saturated rings. The van der Waals surface area contributed by atoms with Gasteiger partial charge in [-0.2, -0.15) is 0 Å². The minimum atomic E-state index is -0.955. The number of urea groups is 1. The summed E-state index contributed by atoms with van der Waals surface area (Å²) in [5, 5.41) is 4.97. The molecule has 0 unspecified atom stereocenters. The van der Waals surface area contributed by atoms with E-state index in [1.54, 1.807) is 4.90 Å². The van der Waals surface area contributed by atoms with Crippen molar-refractivity contribution in [3.05, 3.63) is 35.9 Å². The van der Waals surface area contributed by atoms with Crippen LogP contribution in [0.25, 0.3) is 0 Å². The Morgan fingerprint density at radius 1 is 1.29 bits per heavy atom. The van der Waals surface area contributed by atoms with Crippen LogP contribution >= 0.6 is 0 Å². The normalized spacial score (nSPS) is 25.5. The lowest BCUT2D eigenvalue weighted by Crippen LogP contribution is -2.50. The molecule has 0 aromatic heterocycles. The molecule has 0 radical (unpaired) electrons. The van der Waals surface area contributed by atoms with Gasteiger partial charge in [-0.05, 0) is 17.9 Å². The summed E-state index contributed by atoms with van der Waals surface area (Å²) >= 11 is 0. The predicted octanol–water partition coefficient (Wildman–Crippen LogP) is 1.63. The largest absolute Gasteiger partial charge is 0.339 e. The number of hydrogen-bond acceptors (Lipinski definition) is 3. The Morgan fingerprint density at radius 2 is 2.00 bits per heavy atom. The highest BCUT2D eigenvalue weighted by molar-refractivity contribution is 6.07. The van der Waals surface area contributed by atoms with E-state index in [2.05, 4.69) is 24.5 Å². The third-order valence-electron chi connectivity index (χ3n) is 5.23. The topological polar surface area (TPSA) is 78.5 Å². The van der Waals surface area contributed by atoms with Crippen molar-refractivity contribution in [2.45, 2.75) is 38.1 Å². The lowest BCUT2D eigenvalue weighted by molar-refractivity contribution is -0.133. The van der Waals surface area contributed by atoms with E-state index in [1.165, 1.54) is 0 Å². The van der Waals surface area contributed by atoms with Gasteiger partial charge in [0.25, 0.3) is 5.91 Å². The smallest absolute Gasteiger partial charge is 0.322 e. The second kappa shape index (κ2) is 6.26. The molecule has 2 saturated heterocycles. The first-order valence-corrected chi connectivity index (χ1v) is 8.44. The molecule has 3 atom stereocenters. The molecule has 2 N–H and O–H groups in total. The fourth-order valence-electron chi connectivity index (χ4n) is 3.62. The van der Waals surface area contributed by atoms with Gasteiger partial charge in [-0.1, -0.05) is 50.6 Å². The number of imide groups is 1. The Balaban J connectivity index is 1.82. The van der Waals surface area contributed by atoms with Crippen LogP contribution in [0.1, 0.15) is 38.2 Å². The standard InChI is InChI=1S/C18H23N3O3/c1-3-12(2)14(13-7-5-4-6-8-13)15(22)21-10-9-18(11-21)16(23)19-17(24)20-18/h4-8,12,14H,3,9-11H2,1-2H3,(H2,19,20,23,24)/t12-,14-,18+/m0/s1. The van der Waals surface area contributed by atoms with Gasteiger partial charge in [0.2, 0.25) is 5.91 Å². The maximum Gasteiger partial charge on any atom is 0.322 e. The molecule has 0 saturated carbocycles. The number of likely N-dealkylation sites (tertiary alicyclic amines) is 1. The lowest BCUT2D eigenvalue weighted by Gasteiger charge is -2.28. The van der Waals surface area contributed by atoms with Gasteiger partial charge < -0.3 is 10.2 Å². The van der Waals surface area contributed by atoms with Crippen molar-refractivity contribution in [1.29, 1.82) is 0 Å². The molecule has 0 aliphatic carbocycles. The molecule has 1 spiro atoms. The van der Waals surface area contributed by atoms with E-state index in [0.717, 1.165) is 12.0 Å². The molecule has 1 aromatic rings. The summed E-state index contributed by atoms with van der Waals surface area (Å²) in [7, 11) is 0. The predicted molar refractivity (Wildman–Crippen MR) is 89.2 cm³/mol. The Hall–Kier alpha value is -2.37. The number of nitrogens with zero attached hydrogens (tertiary/aromatic N) is 1. The Labute approximate surface area is 141 Å². The van der Waals surface area contributed by atoms with Crippen LogP contribution in [0.4, 0.5) is 4.79 Å². The zero-order valence-corrected chi connectivity index (χ0v) is 14.0. The molecule has 4 amide bonds. The van der Waals surface area contributed by atoms with Crippen LogP contribution in [0.3, 0.4) is 0 Å². The van der Waals surface area contributed by atoms with Gasteiger partial charge in [0.05, 0.1) is 12.5 Å². The molecule has 0 bridgehead atoms. The van der Waals surface area contributed by atoms with Crippen LogP contribution in [-0.2, 0) is 9.59 Å². The minimum absolute atomic E-state index is 0.0290. The number of carbonyl (C=O) groups is 3. The van der Waals surface area contributed by atoms with Gasteiger partial charge in [0, 0.05) is 6.54 Å². The fourth-order valence-corrected chi connectivity index (χ4v) is 3.62. The Kier molecular flexibility index (Phi) is 4.30. The van der Waals surface area contributed by atoms with E-state index in [0.29, 0.717) is 13.0 Å². The van der Waals surface area contributed by atoms with Crippen LogP contribution in [0.15, 0.2) is 30.3 Å². The average molecular weight is 329 g/mol. The molecule has 128 valence electrons. The summed E-state index contributed by atoms with van der Waals surface area (Å²) in [5.41, 5.74) is 0.0430.